The van der Waals surface area contributed by atoms with Crippen LogP contribution < -0.4 is 5.32 Å². The Kier molecular flexibility index (Phi) is 5.68. The molecule has 0 bridgehead atoms. The zero-order chi connectivity index (χ0) is 11.2. The number of rotatable bonds is 6. The first kappa shape index (κ1) is 13.4. The minimum atomic E-state index is -0.868. The van der Waals surface area contributed by atoms with E-state index in [0.717, 1.165) is 0 Å². The molecule has 0 heterocycles. The van der Waals surface area contributed by atoms with Crippen LogP contribution in [0.3, 0.4) is 0 Å². The highest BCUT2D eigenvalue weighted by Crippen LogP contribution is 2.06. The van der Waals surface area contributed by atoms with Crippen molar-refractivity contribution in [2.75, 3.05) is 27.4 Å². The van der Waals surface area contributed by atoms with Gasteiger partial charge >= 0.3 is 0 Å². The third kappa shape index (κ3) is 4.55. The molecule has 1 atom stereocenters. The predicted octanol–water partition coefficient (Wildman–Crippen LogP) is -0.465. The Morgan fingerprint density at radius 3 is 2.50 bits per heavy atom. The second-order valence-corrected chi connectivity index (χ2v) is 3.53. The van der Waals surface area contributed by atoms with Crippen LogP contribution in [-0.2, 0) is 14.3 Å². The highest BCUT2D eigenvalue weighted by molar-refractivity contribution is 5.84. The van der Waals surface area contributed by atoms with Gasteiger partial charge in [0.25, 0.3) is 5.91 Å². The summed E-state index contributed by atoms with van der Waals surface area (Å²) in [5.41, 5.74) is -0.868. The van der Waals surface area contributed by atoms with E-state index < -0.39 is 11.7 Å². The number of nitrogens with one attached hydrogen (secondary N) is 1. The molecule has 0 aliphatic carbocycles. The standard InChI is InChI=1S/C9H19NO4/c1-9(2,14-4)8(12)10-5-7(11)6-13-3/h7,11H,5-6H2,1-4H3,(H,10,12). The molecular weight excluding hydrogens is 186 g/mol. The molecule has 0 rings (SSSR count). The van der Waals surface area contributed by atoms with Crippen molar-refractivity contribution in [2.24, 2.45) is 0 Å². The molecule has 2 N–H and O–H groups in total. The van der Waals surface area contributed by atoms with Crippen LogP contribution in [0.25, 0.3) is 0 Å². The molecule has 0 spiro atoms. The van der Waals surface area contributed by atoms with Gasteiger partial charge in [0.2, 0.25) is 0 Å². The van der Waals surface area contributed by atoms with Gasteiger partial charge in [0.05, 0.1) is 12.7 Å². The molecule has 0 aromatic rings. The maximum atomic E-state index is 11.4. The van der Waals surface area contributed by atoms with Crippen LogP contribution in [0.1, 0.15) is 13.8 Å². The second kappa shape index (κ2) is 5.95. The van der Waals surface area contributed by atoms with Crippen molar-refractivity contribution < 1.29 is 19.4 Å². The number of hydrogen-bond acceptors (Lipinski definition) is 4. The first-order valence-corrected chi connectivity index (χ1v) is 4.44. The quantitative estimate of drug-likeness (QED) is 0.615. The molecule has 14 heavy (non-hydrogen) atoms. The van der Waals surface area contributed by atoms with Gasteiger partial charge in [-0.1, -0.05) is 0 Å². The van der Waals surface area contributed by atoms with Gasteiger partial charge in [0.15, 0.2) is 0 Å². The smallest absolute Gasteiger partial charge is 0.251 e. The summed E-state index contributed by atoms with van der Waals surface area (Å²) in [6.45, 7) is 3.68. The fourth-order valence-electron chi connectivity index (χ4n) is 0.767. The number of carbonyl (C=O) groups excluding carboxylic acids is 1. The van der Waals surface area contributed by atoms with Gasteiger partial charge < -0.3 is 19.9 Å². The zero-order valence-corrected chi connectivity index (χ0v) is 9.16. The molecule has 0 saturated carbocycles. The number of carbonyl (C=O) groups is 1. The first-order chi connectivity index (χ1) is 6.44. The van der Waals surface area contributed by atoms with Crippen LogP contribution >= 0.6 is 0 Å². The molecular formula is C9H19NO4. The van der Waals surface area contributed by atoms with Crippen molar-refractivity contribution in [2.45, 2.75) is 25.6 Å². The molecule has 0 aliphatic heterocycles. The fourth-order valence-corrected chi connectivity index (χ4v) is 0.767. The summed E-state index contributed by atoms with van der Waals surface area (Å²) < 4.78 is 9.68. The summed E-state index contributed by atoms with van der Waals surface area (Å²) in [5, 5.41) is 11.8. The van der Waals surface area contributed by atoms with Crippen LogP contribution in [0, 0.1) is 0 Å². The molecule has 0 radical (unpaired) electrons. The predicted molar refractivity (Wildman–Crippen MR) is 52.0 cm³/mol. The minimum absolute atomic E-state index is 0.166. The summed E-state index contributed by atoms with van der Waals surface area (Å²) in [4.78, 5) is 11.4. The van der Waals surface area contributed by atoms with Crippen LogP contribution in [0.15, 0.2) is 0 Å². The maximum Gasteiger partial charge on any atom is 0.251 e. The van der Waals surface area contributed by atoms with Gasteiger partial charge in [-0.05, 0) is 13.8 Å². The summed E-state index contributed by atoms with van der Waals surface area (Å²) >= 11 is 0. The normalized spacial score (nSPS) is 13.8. The lowest BCUT2D eigenvalue weighted by Crippen LogP contribution is -2.46. The topological polar surface area (TPSA) is 67.8 Å². The molecule has 0 saturated heterocycles. The summed E-state index contributed by atoms with van der Waals surface area (Å²) in [6, 6.07) is 0. The monoisotopic (exact) mass is 205 g/mol. The van der Waals surface area contributed by atoms with Crippen molar-refractivity contribution in [1.29, 1.82) is 0 Å². The first-order valence-electron chi connectivity index (χ1n) is 4.44. The van der Waals surface area contributed by atoms with E-state index in [1.165, 1.54) is 14.2 Å². The zero-order valence-electron chi connectivity index (χ0n) is 9.16. The Hall–Kier alpha value is -0.650. The minimum Gasteiger partial charge on any atom is -0.389 e. The van der Waals surface area contributed by atoms with Crippen molar-refractivity contribution in [3.63, 3.8) is 0 Å². The lowest BCUT2D eigenvalue weighted by atomic mass is 10.1. The number of amides is 1. The van der Waals surface area contributed by atoms with Crippen LogP contribution in [0.5, 0.6) is 0 Å². The van der Waals surface area contributed by atoms with E-state index in [4.69, 9.17) is 9.47 Å². The van der Waals surface area contributed by atoms with Gasteiger partial charge in [-0.25, -0.2) is 0 Å². The highest BCUT2D eigenvalue weighted by atomic mass is 16.5. The van der Waals surface area contributed by atoms with Crippen molar-refractivity contribution in [1.82, 2.24) is 5.32 Å². The number of ether oxygens (including phenoxy) is 2. The highest BCUT2D eigenvalue weighted by Gasteiger charge is 2.26. The largest absolute Gasteiger partial charge is 0.389 e. The van der Waals surface area contributed by atoms with Crippen molar-refractivity contribution >= 4 is 5.91 Å². The maximum absolute atomic E-state index is 11.4. The molecule has 84 valence electrons. The van der Waals surface area contributed by atoms with Gasteiger partial charge in [-0.2, -0.15) is 0 Å². The molecule has 0 aromatic carbocycles. The van der Waals surface area contributed by atoms with Gasteiger partial charge in [0, 0.05) is 20.8 Å². The second-order valence-electron chi connectivity index (χ2n) is 3.53. The summed E-state index contributed by atoms with van der Waals surface area (Å²) in [5.74, 6) is -0.254. The summed E-state index contributed by atoms with van der Waals surface area (Å²) in [7, 11) is 2.95. The van der Waals surface area contributed by atoms with E-state index in [0.29, 0.717) is 0 Å². The molecule has 5 heteroatoms. The third-order valence-electron chi connectivity index (χ3n) is 1.91. The van der Waals surface area contributed by atoms with Crippen LogP contribution in [0.4, 0.5) is 0 Å². The molecule has 5 nitrogen and oxygen atoms in total. The van der Waals surface area contributed by atoms with E-state index in [2.05, 4.69) is 5.32 Å². The molecule has 0 fully saturated rings. The Morgan fingerprint density at radius 2 is 2.07 bits per heavy atom. The van der Waals surface area contributed by atoms with E-state index in [9.17, 15) is 9.90 Å². The lowest BCUT2D eigenvalue weighted by Gasteiger charge is -2.22. The Labute approximate surface area is 84.4 Å². The van der Waals surface area contributed by atoms with Crippen molar-refractivity contribution in [3.05, 3.63) is 0 Å². The van der Waals surface area contributed by atoms with E-state index in [-0.39, 0.29) is 19.1 Å². The fraction of sp³-hybridized carbons (Fsp3) is 0.889. The third-order valence-corrected chi connectivity index (χ3v) is 1.91. The molecule has 1 amide bonds. The van der Waals surface area contributed by atoms with Crippen LogP contribution in [0.2, 0.25) is 0 Å². The van der Waals surface area contributed by atoms with E-state index in [1.807, 2.05) is 0 Å². The number of methoxy groups -OCH3 is 2. The van der Waals surface area contributed by atoms with Gasteiger partial charge in [-0.3, -0.25) is 4.79 Å². The average Bonchev–Trinajstić information content (AvgIpc) is 2.14. The van der Waals surface area contributed by atoms with Gasteiger partial charge in [0.1, 0.15) is 5.60 Å². The molecule has 0 aromatic heterocycles. The average molecular weight is 205 g/mol. The Balaban J connectivity index is 3.85. The molecule has 1 unspecified atom stereocenters. The number of hydrogen-bond donors (Lipinski definition) is 2. The SMILES string of the molecule is COCC(O)CNC(=O)C(C)(C)OC. The Bertz CT molecular complexity index is 182. The lowest BCUT2D eigenvalue weighted by molar-refractivity contribution is -0.140. The number of aliphatic hydroxyl groups is 1. The van der Waals surface area contributed by atoms with Gasteiger partial charge in [-0.15, -0.1) is 0 Å². The van der Waals surface area contributed by atoms with E-state index in [1.54, 1.807) is 13.8 Å². The Morgan fingerprint density at radius 1 is 1.50 bits per heavy atom. The van der Waals surface area contributed by atoms with Crippen molar-refractivity contribution in [3.8, 4) is 0 Å². The van der Waals surface area contributed by atoms with Crippen LogP contribution in [-0.4, -0.2) is 50.1 Å². The van der Waals surface area contributed by atoms with E-state index >= 15 is 0 Å². The summed E-state index contributed by atoms with van der Waals surface area (Å²) in [6.07, 6.45) is -0.684. The molecule has 0 aliphatic rings. The number of aliphatic hydroxyl groups excluding tert-OH is 1.